The van der Waals surface area contributed by atoms with Crippen molar-refractivity contribution in [2.24, 2.45) is 5.73 Å². The third-order valence-electron chi connectivity index (χ3n) is 1.67. The van der Waals surface area contributed by atoms with Gasteiger partial charge in [-0.15, -0.1) is 0 Å². The molecule has 2 N–H and O–H groups in total. The van der Waals surface area contributed by atoms with Gasteiger partial charge in [-0.2, -0.15) is 25.3 Å². The molecule has 0 saturated carbocycles. The maximum absolute atomic E-state index is 10.4. The second-order valence-electron chi connectivity index (χ2n) is 2.88. The van der Waals surface area contributed by atoms with Gasteiger partial charge in [-0.1, -0.05) is 6.42 Å². The minimum atomic E-state index is -0.208. The van der Waals surface area contributed by atoms with Crippen molar-refractivity contribution < 1.29 is 4.79 Å². The Morgan fingerprint density at radius 2 is 2.00 bits per heavy atom. The molecule has 0 bridgehead atoms. The highest BCUT2D eigenvalue weighted by atomic mass is 32.1. The number of amides is 1. The van der Waals surface area contributed by atoms with E-state index < -0.39 is 0 Å². The highest BCUT2D eigenvalue weighted by Crippen LogP contribution is 2.12. The van der Waals surface area contributed by atoms with E-state index in [1.807, 2.05) is 0 Å². The van der Waals surface area contributed by atoms with Crippen LogP contribution in [0.15, 0.2) is 0 Å². The van der Waals surface area contributed by atoms with Crippen molar-refractivity contribution >= 4 is 31.2 Å². The maximum Gasteiger partial charge on any atom is 0.217 e. The second kappa shape index (κ2) is 7.80. The first-order chi connectivity index (χ1) is 5.66. The molecule has 0 spiro atoms. The zero-order valence-electron chi connectivity index (χ0n) is 7.20. The average molecular weight is 207 g/mol. The molecule has 0 aromatic heterocycles. The van der Waals surface area contributed by atoms with E-state index in [0.717, 1.165) is 31.4 Å². The van der Waals surface area contributed by atoms with Gasteiger partial charge in [0.05, 0.1) is 0 Å². The number of unbranched alkanes of at least 4 members (excludes halogenated alkanes) is 1. The van der Waals surface area contributed by atoms with Crippen molar-refractivity contribution in [3.8, 4) is 0 Å². The molecule has 0 aromatic carbocycles. The standard InChI is InChI=1S/C8H17NOS2/c9-8(10)4-2-1-3-7(12)5-6-11/h7,11-12H,1-6H2,(H2,9,10)/t7-/m1/s1. The Hall–Kier alpha value is 0.170. The quantitative estimate of drug-likeness (QED) is 0.431. The lowest BCUT2D eigenvalue weighted by Crippen LogP contribution is -2.10. The largest absolute Gasteiger partial charge is 0.370 e. The molecule has 12 heavy (non-hydrogen) atoms. The zero-order valence-corrected chi connectivity index (χ0v) is 8.99. The monoisotopic (exact) mass is 207 g/mol. The lowest BCUT2D eigenvalue weighted by Gasteiger charge is -2.07. The van der Waals surface area contributed by atoms with Crippen molar-refractivity contribution in [1.82, 2.24) is 0 Å². The number of carbonyl (C=O) groups is 1. The molecule has 0 aliphatic heterocycles. The van der Waals surface area contributed by atoms with Gasteiger partial charge in [-0.3, -0.25) is 4.79 Å². The summed E-state index contributed by atoms with van der Waals surface area (Å²) in [6, 6.07) is 0. The Morgan fingerprint density at radius 1 is 1.33 bits per heavy atom. The lowest BCUT2D eigenvalue weighted by atomic mass is 10.1. The van der Waals surface area contributed by atoms with Crippen LogP contribution in [0.1, 0.15) is 32.1 Å². The fourth-order valence-corrected chi connectivity index (χ4v) is 1.80. The van der Waals surface area contributed by atoms with E-state index in [4.69, 9.17) is 5.73 Å². The predicted molar refractivity (Wildman–Crippen MR) is 58.9 cm³/mol. The van der Waals surface area contributed by atoms with Crippen molar-refractivity contribution in [1.29, 1.82) is 0 Å². The molecule has 0 rings (SSSR count). The number of hydrogen-bond acceptors (Lipinski definition) is 3. The van der Waals surface area contributed by atoms with Crippen LogP contribution in [-0.4, -0.2) is 16.9 Å². The van der Waals surface area contributed by atoms with E-state index >= 15 is 0 Å². The summed E-state index contributed by atoms with van der Waals surface area (Å²) in [5.74, 6) is 0.671. The number of hydrogen-bond donors (Lipinski definition) is 3. The Balaban J connectivity index is 3.13. The van der Waals surface area contributed by atoms with Crippen LogP contribution in [0.2, 0.25) is 0 Å². The van der Waals surface area contributed by atoms with Crippen LogP contribution in [0.5, 0.6) is 0 Å². The van der Waals surface area contributed by atoms with E-state index in [0.29, 0.717) is 11.7 Å². The van der Waals surface area contributed by atoms with Crippen molar-refractivity contribution in [3.63, 3.8) is 0 Å². The van der Waals surface area contributed by atoms with E-state index in [9.17, 15) is 4.79 Å². The molecule has 0 radical (unpaired) electrons. The SMILES string of the molecule is NC(=O)CCCC[C@@H](S)CCS. The Bertz CT molecular complexity index is 130. The second-order valence-corrected chi connectivity index (χ2v) is 4.06. The number of rotatable bonds is 7. The van der Waals surface area contributed by atoms with Crippen LogP contribution >= 0.6 is 25.3 Å². The molecule has 0 aliphatic carbocycles. The third kappa shape index (κ3) is 8.27. The molecule has 0 aromatic rings. The highest BCUT2D eigenvalue weighted by Gasteiger charge is 2.01. The van der Waals surface area contributed by atoms with Gasteiger partial charge in [-0.25, -0.2) is 0 Å². The van der Waals surface area contributed by atoms with E-state index in [-0.39, 0.29) is 5.91 Å². The van der Waals surface area contributed by atoms with Gasteiger partial charge in [0.25, 0.3) is 0 Å². The normalized spacial score (nSPS) is 12.8. The number of thiol groups is 2. The van der Waals surface area contributed by atoms with E-state index in [1.165, 1.54) is 0 Å². The van der Waals surface area contributed by atoms with Gasteiger partial charge in [-0.05, 0) is 25.0 Å². The summed E-state index contributed by atoms with van der Waals surface area (Å²) < 4.78 is 0. The van der Waals surface area contributed by atoms with Crippen molar-refractivity contribution in [2.45, 2.75) is 37.4 Å². The van der Waals surface area contributed by atoms with Crippen molar-refractivity contribution in [2.75, 3.05) is 5.75 Å². The molecular weight excluding hydrogens is 190 g/mol. The molecule has 1 atom stereocenters. The minimum Gasteiger partial charge on any atom is -0.370 e. The summed E-state index contributed by atoms with van der Waals surface area (Å²) in [6.45, 7) is 0. The van der Waals surface area contributed by atoms with Gasteiger partial charge >= 0.3 is 0 Å². The minimum absolute atomic E-state index is 0.208. The first-order valence-electron chi connectivity index (χ1n) is 4.24. The maximum atomic E-state index is 10.4. The summed E-state index contributed by atoms with van der Waals surface area (Å²) in [6.07, 6.45) is 4.50. The molecule has 0 aliphatic rings. The van der Waals surface area contributed by atoms with Gasteiger partial charge in [0.15, 0.2) is 0 Å². The topological polar surface area (TPSA) is 43.1 Å². The highest BCUT2D eigenvalue weighted by molar-refractivity contribution is 7.81. The summed E-state index contributed by atoms with van der Waals surface area (Å²) in [4.78, 5) is 10.4. The van der Waals surface area contributed by atoms with Crippen LogP contribution < -0.4 is 5.73 Å². The number of nitrogens with two attached hydrogens (primary N) is 1. The third-order valence-corrected chi connectivity index (χ3v) is 2.45. The molecule has 72 valence electrons. The van der Waals surface area contributed by atoms with Gasteiger partial charge in [0, 0.05) is 11.7 Å². The van der Waals surface area contributed by atoms with Gasteiger partial charge in [0.2, 0.25) is 5.91 Å². The van der Waals surface area contributed by atoms with Crippen LogP contribution in [0.25, 0.3) is 0 Å². The molecule has 0 fully saturated rings. The smallest absolute Gasteiger partial charge is 0.217 e. The van der Waals surface area contributed by atoms with Crippen LogP contribution in [0.4, 0.5) is 0 Å². The van der Waals surface area contributed by atoms with Crippen LogP contribution in [0.3, 0.4) is 0 Å². The van der Waals surface area contributed by atoms with Gasteiger partial charge < -0.3 is 5.73 Å². The Kier molecular flexibility index (Phi) is 7.91. The van der Waals surface area contributed by atoms with E-state index in [2.05, 4.69) is 25.3 Å². The molecule has 4 heteroatoms. The summed E-state index contributed by atoms with van der Waals surface area (Å²) in [5, 5.41) is 0.426. The molecule has 0 saturated heterocycles. The van der Waals surface area contributed by atoms with Crippen molar-refractivity contribution in [3.05, 3.63) is 0 Å². The molecule has 0 heterocycles. The van der Waals surface area contributed by atoms with Gasteiger partial charge in [0.1, 0.15) is 0 Å². The Labute approximate surface area is 85.1 Å². The molecule has 2 nitrogen and oxygen atoms in total. The number of carbonyl (C=O) groups excluding carboxylic acids is 1. The fraction of sp³-hybridized carbons (Fsp3) is 0.875. The number of primary amides is 1. The molecular formula is C8H17NOS2. The predicted octanol–water partition coefficient (Wildman–Crippen LogP) is 1.65. The summed E-state index contributed by atoms with van der Waals surface area (Å²) >= 11 is 8.48. The first-order valence-corrected chi connectivity index (χ1v) is 5.39. The zero-order chi connectivity index (χ0) is 9.40. The van der Waals surface area contributed by atoms with E-state index in [1.54, 1.807) is 0 Å². The summed E-state index contributed by atoms with van der Waals surface area (Å²) in [5.41, 5.74) is 5.00. The average Bonchev–Trinajstić information content (AvgIpc) is 1.98. The fourth-order valence-electron chi connectivity index (χ4n) is 0.973. The first kappa shape index (κ1) is 12.2. The summed E-state index contributed by atoms with van der Waals surface area (Å²) in [7, 11) is 0. The Morgan fingerprint density at radius 3 is 2.50 bits per heavy atom. The van der Waals surface area contributed by atoms with Crippen LogP contribution in [0, 0.1) is 0 Å². The molecule has 0 unspecified atom stereocenters. The molecule has 1 amide bonds. The van der Waals surface area contributed by atoms with Crippen LogP contribution in [-0.2, 0) is 4.79 Å². The lowest BCUT2D eigenvalue weighted by molar-refractivity contribution is -0.118.